The van der Waals surface area contributed by atoms with Gasteiger partial charge in [-0.25, -0.2) is 8.42 Å². The van der Waals surface area contributed by atoms with Gasteiger partial charge in [0.2, 0.25) is 10.0 Å². The van der Waals surface area contributed by atoms with Crippen molar-refractivity contribution in [3.8, 4) is 0 Å². The SMILES string of the molecule is O=S(=O)(c1cnn(CCCl)c1)N1CCOC2CCCC21. The number of nitrogens with zero attached hydrogens (tertiary/aromatic N) is 3. The van der Waals surface area contributed by atoms with Gasteiger partial charge in [-0.3, -0.25) is 4.68 Å². The number of aromatic nitrogens is 2. The molecule has 112 valence electrons. The fourth-order valence-corrected chi connectivity index (χ4v) is 4.80. The molecule has 0 amide bonds. The maximum absolute atomic E-state index is 12.7. The Labute approximate surface area is 123 Å². The van der Waals surface area contributed by atoms with E-state index in [9.17, 15) is 8.42 Å². The third kappa shape index (κ3) is 2.47. The maximum atomic E-state index is 12.7. The summed E-state index contributed by atoms with van der Waals surface area (Å²) in [6.07, 6.45) is 5.85. The first-order valence-electron chi connectivity index (χ1n) is 6.85. The van der Waals surface area contributed by atoms with Gasteiger partial charge in [-0.15, -0.1) is 11.6 Å². The van der Waals surface area contributed by atoms with E-state index < -0.39 is 10.0 Å². The number of sulfonamides is 1. The first-order chi connectivity index (χ1) is 9.63. The Hall–Kier alpha value is -0.630. The monoisotopic (exact) mass is 319 g/mol. The molecular weight excluding hydrogens is 302 g/mol. The van der Waals surface area contributed by atoms with E-state index in [-0.39, 0.29) is 17.0 Å². The molecule has 2 fully saturated rings. The van der Waals surface area contributed by atoms with Crippen molar-refractivity contribution >= 4 is 21.6 Å². The van der Waals surface area contributed by atoms with E-state index in [4.69, 9.17) is 16.3 Å². The van der Waals surface area contributed by atoms with Gasteiger partial charge in [-0.1, -0.05) is 0 Å². The van der Waals surface area contributed by atoms with Crippen molar-refractivity contribution in [1.29, 1.82) is 0 Å². The molecule has 0 radical (unpaired) electrons. The number of alkyl halides is 1. The van der Waals surface area contributed by atoms with Crippen LogP contribution in [0, 0.1) is 0 Å². The second kappa shape index (κ2) is 5.63. The molecule has 0 aromatic carbocycles. The van der Waals surface area contributed by atoms with Gasteiger partial charge < -0.3 is 4.74 Å². The highest BCUT2D eigenvalue weighted by Gasteiger charge is 2.42. The highest BCUT2D eigenvalue weighted by Crippen LogP contribution is 2.33. The molecule has 1 saturated carbocycles. The first-order valence-corrected chi connectivity index (χ1v) is 8.82. The molecule has 2 unspecified atom stereocenters. The zero-order chi connectivity index (χ0) is 14.2. The van der Waals surface area contributed by atoms with Crippen LogP contribution < -0.4 is 0 Å². The van der Waals surface area contributed by atoms with E-state index in [0.717, 1.165) is 19.3 Å². The summed E-state index contributed by atoms with van der Waals surface area (Å²) in [6.45, 7) is 1.40. The molecule has 1 aromatic rings. The first kappa shape index (κ1) is 14.3. The third-order valence-electron chi connectivity index (χ3n) is 3.96. The average molecular weight is 320 g/mol. The summed E-state index contributed by atoms with van der Waals surface area (Å²) in [5.74, 6) is 0.406. The maximum Gasteiger partial charge on any atom is 0.246 e. The number of ether oxygens (including phenoxy) is 1. The number of halogens is 1. The summed E-state index contributed by atoms with van der Waals surface area (Å²) in [7, 11) is -3.49. The van der Waals surface area contributed by atoms with E-state index in [1.165, 1.54) is 6.20 Å². The Morgan fingerprint density at radius 2 is 2.30 bits per heavy atom. The minimum atomic E-state index is -3.49. The van der Waals surface area contributed by atoms with Crippen LogP contribution in [0.25, 0.3) is 0 Å². The summed E-state index contributed by atoms with van der Waals surface area (Å²) in [5.41, 5.74) is 0. The van der Waals surface area contributed by atoms with Crippen LogP contribution in [-0.2, 0) is 21.3 Å². The van der Waals surface area contributed by atoms with Crippen molar-refractivity contribution in [2.45, 2.75) is 42.8 Å². The molecule has 1 aromatic heterocycles. The number of hydrogen-bond donors (Lipinski definition) is 0. The highest BCUT2D eigenvalue weighted by molar-refractivity contribution is 7.89. The Balaban J connectivity index is 1.86. The quantitative estimate of drug-likeness (QED) is 0.779. The van der Waals surface area contributed by atoms with Gasteiger partial charge in [0, 0.05) is 18.6 Å². The number of morpholine rings is 1. The minimum absolute atomic E-state index is 0.0230. The lowest BCUT2D eigenvalue weighted by Gasteiger charge is -2.36. The molecule has 0 N–H and O–H groups in total. The molecule has 0 spiro atoms. The summed E-state index contributed by atoms with van der Waals surface area (Å²) < 4.78 is 34.3. The molecular formula is C12H18ClN3O3S. The Bertz CT molecular complexity index is 574. The summed E-state index contributed by atoms with van der Waals surface area (Å²) in [4.78, 5) is 0.246. The van der Waals surface area contributed by atoms with Gasteiger partial charge in [0.1, 0.15) is 4.90 Å². The van der Waals surface area contributed by atoms with Gasteiger partial charge in [-0.05, 0) is 19.3 Å². The normalized spacial score (nSPS) is 27.6. The number of fused-ring (bicyclic) bond motifs is 1. The number of rotatable bonds is 4. The van der Waals surface area contributed by atoms with Crippen LogP contribution in [0.4, 0.5) is 0 Å². The van der Waals surface area contributed by atoms with E-state index in [0.29, 0.717) is 25.6 Å². The van der Waals surface area contributed by atoms with Crippen molar-refractivity contribution in [3.05, 3.63) is 12.4 Å². The molecule has 2 aliphatic rings. The van der Waals surface area contributed by atoms with Crippen LogP contribution in [0.3, 0.4) is 0 Å². The van der Waals surface area contributed by atoms with Gasteiger partial charge in [0.15, 0.2) is 0 Å². The van der Waals surface area contributed by atoms with Crippen molar-refractivity contribution in [2.24, 2.45) is 0 Å². The summed E-state index contributed by atoms with van der Waals surface area (Å²) in [5, 5.41) is 4.05. The third-order valence-corrected chi connectivity index (χ3v) is 6.01. The van der Waals surface area contributed by atoms with Gasteiger partial charge in [0.05, 0.1) is 31.5 Å². The predicted octanol–water partition coefficient (Wildman–Crippen LogP) is 1.06. The van der Waals surface area contributed by atoms with Crippen LogP contribution in [0.2, 0.25) is 0 Å². The second-order valence-electron chi connectivity index (χ2n) is 5.15. The van der Waals surface area contributed by atoms with Crippen LogP contribution in [0.15, 0.2) is 17.3 Å². The van der Waals surface area contributed by atoms with E-state index in [1.54, 1.807) is 15.2 Å². The molecule has 6 nitrogen and oxygen atoms in total. The smallest absolute Gasteiger partial charge is 0.246 e. The highest BCUT2D eigenvalue weighted by atomic mass is 35.5. The van der Waals surface area contributed by atoms with Crippen molar-refractivity contribution in [2.75, 3.05) is 19.0 Å². The molecule has 2 heterocycles. The van der Waals surface area contributed by atoms with Crippen molar-refractivity contribution in [1.82, 2.24) is 14.1 Å². The van der Waals surface area contributed by atoms with E-state index in [2.05, 4.69) is 5.10 Å². The van der Waals surface area contributed by atoms with Gasteiger partial charge in [-0.2, -0.15) is 9.40 Å². The van der Waals surface area contributed by atoms with Crippen molar-refractivity contribution in [3.63, 3.8) is 0 Å². The Morgan fingerprint density at radius 1 is 1.45 bits per heavy atom. The summed E-state index contributed by atoms with van der Waals surface area (Å²) >= 11 is 5.64. The summed E-state index contributed by atoms with van der Waals surface area (Å²) in [6, 6.07) is -0.0230. The molecule has 3 rings (SSSR count). The van der Waals surface area contributed by atoms with Crippen molar-refractivity contribution < 1.29 is 13.2 Å². The molecule has 1 saturated heterocycles. The Kier molecular flexibility index (Phi) is 4.03. The molecule has 20 heavy (non-hydrogen) atoms. The predicted molar refractivity (Wildman–Crippen MR) is 74.2 cm³/mol. The molecule has 1 aliphatic carbocycles. The zero-order valence-corrected chi connectivity index (χ0v) is 12.7. The second-order valence-corrected chi connectivity index (χ2v) is 7.42. The molecule has 0 bridgehead atoms. The standard InChI is InChI=1S/C12H18ClN3O3S/c13-4-5-15-9-10(8-14-15)20(17,18)16-6-7-19-12-3-1-2-11(12)16/h8-9,11-12H,1-7H2. The average Bonchev–Trinajstić information content (AvgIpc) is 3.06. The lowest BCUT2D eigenvalue weighted by atomic mass is 10.2. The zero-order valence-electron chi connectivity index (χ0n) is 11.1. The largest absolute Gasteiger partial charge is 0.375 e. The Morgan fingerprint density at radius 3 is 3.10 bits per heavy atom. The van der Waals surface area contributed by atoms with E-state index in [1.807, 2.05) is 0 Å². The lowest BCUT2D eigenvalue weighted by Crippen LogP contribution is -2.51. The topological polar surface area (TPSA) is 64.4 Å². The number of aryl methyl sites for hydroxylation is 1. The molecule has 8 heteroatoms. The van der Waals surface area contributed by atoms with Crippen LogP contribution in [0.1, 0.15) is 19.3 Å². The van der Waals surface area contributed by atoms with E-state index >= 15 is 0 Å². The van der Waals surface area contributed by atoms with Gasteiger partial charge in [0.25, 0.3) is 0 Å². The minimum Gasteiger partial charge on any atom is -0.375 e. The van der Waals surface area contributed by atoms with Gasteiger partial charge >= 0.3 is 0 Å². The molecule has 2 atom stereocenters. The fourth-order valence-electron chi connectivity index (χ4n) is 3.01. The van der Waals surface area contributed by atoms with Crippen LogP contribution >= 0.6 is 11.6 Å². The fraction of sp³-hybridized carbons (Fsp3) is 0.750. The number of hydrogen-bond acceptors (Lipinski definition) is 4. The molecule has 1 aliphatic heterocycles. The lowest BCUT2D eigenvalue weighted by molar-refractivity contribution is -0.0241. The van der Waals surface area contributed by atoms with Crippen LogP contribution in [-0.4, -0.2) is 53.7 Å². The van der Waals surface area contributed by atoms with Crippen LogP contribution in [0.5, 0.6) is 0 Å².